The van der Waals surface area contributed by atoms with Gasteiger partial charge in [0.2, 0.25) is 0 Å². The van der Waals surface area contributed by atoms with Gasteiger partial charge in [-0.25, -0.2) is 0 Å². The molecule has 2 N–H and O–H groups in total. The van der Waals surface area contributed by atoms with Crippen LogP contribution in [0.4, 0.5) is 0 Å². The van der Waals surface area contributed by atoms with Crippen LogP contribution in [0.3, 0.4) is 0 Å². The van der Waals surface area contributed by atoms with Crippen molar-refractivity contribution in [1.29, 1.82) is 0 Å². The van der Waals surface area contributed by atoms with E-state index in [1.54, 1.807) is 0 Å². The third-order valence-corrected chi connectivity index (χ3v) is 2.50. The van der Waals surface area contributed by atoms with Crippen molar-refractivity contribution in [2.45, 2.75) is 19.9 Å². The lowest BCUT2D eigenvalue weighted by molar-refractivity contribution is 0.673. The van der Waals surface area contributed by atoms with Gasteiger partial charge in [-0.15, -0.1) is 0 Å². The molecule has 0 fully saturated rings. The largest absolute Gasteiger partial charge is 0.311 e. The van der Waals surface area contributed by atoms with Crippen LogP contribution >= 0.6 is 0 Å². The second-order valence-electron chi connectivity index (χ2n) is 3.95. The van der Waals surface area contributed by atoms with Gasteiger partial charge in [-0.05, 0) is 31.5 Å². The maximum absolute atomic E-state index is 4.17. The first-order chi connectivity index (χ1) is 7.84. The van der Waals surface area contributed by atoms with Gasteiger partial charge >= 0.3 is 0 Å². The predicted molar refractivity (Wildman–Crippen MR) is 65.2 cm³/mol. The lowest BCUT2D eigenvalue weighted by atomic mass is 10.1. The first-order valence-electron chi connectivity index (χ1n) is 5.60. The first kappa shape index (κ1) is 10.9. The number of aromatic nitrogens is 2. The fourth-order valence-corrected chi connectivity index (χ4v) is 1.66. The van der Waals surface area contributed by atoms with Crippen molar-refractivity contribution in [3.05, 3.63) is 53.3 Å². The number of nitrogens with zero attached hydrogens (tertiary/aromatic N) is 1. The average molecular weight is 215 g/mol. The summed E-state index contributed by atoms with van der Waals surface area (Å²) in [5.41, 5.74) is 3.55. The van der Waals surface area contributed by atoms with Crippen LogP contribution in [0.2, 0.25) is 0 Å². The van der Waals surface area contributed by atoms with Crippen molar-refractivity contribution in [3.8, 4) is 0 Å². The Bertz CT molecular complexity index is 420. The normalized spacial score (nSPS) is 10.6. The van der Waals surface area contributed by atoms with Gasteiger partial charge in [-0.3, -0.25) is 5.10 Å². The van der Waals surface area contributed by atoms with Gasteiger partial charge in [0.05, 0.1) is 5.69 Å². The number of aryl methyl sites for hydroxylation is 1. The number of H-pyrrole nitrogens is 1. The Morgan fingerprint density at radius 3 is 2.75 bits per heavy atom. The van der Waals surface area contributed by atoms with Gasteiger partial charge in [0.15, 0.2) is 0 Å². The topological polar surface area (TPSA) is 40.7 Å². The summed E-state index contributed by atoms with van der Waals surface area (Å²) in [6.07, 6.45) is 1.06. The fourth-order valence-electron chi connectivity index (χ4n) is 1.66. The van der Waals surface area contributed by atoms with Crippen LogP contribution in [0.1, 0.15) is 17.0 Å². The Labute approximate surface area is 95.9 Å². The van der Waals surface area contributed by atoms with Crippen molar-refractivity contribution < 1.29 is 0 Å². The Hall–Kier alpha value is -1.61. The van der Waals surface area contributed by atoms with E-state index >= 15 is 0 Å². The smallest absolute Gasteiger partial charge is 0.0762 e. The molecule has 0 spiro atoms. The molecule has 1 heterocycles. The Kier molecular flexibility index (Phi) is 3.72. The zero-order valence-electron chi connectivity index (χ0n) is 9.53. The van der Waals surface area contributed by atoms with E-state index in [-0.39, 0.29) is 0 Å². The number of benzene rings is 1. The van der Waals surface area contributed by atoms with Crippen molar-refractivity contribution in [2.75, 3.05) is 6.54 Å². The minimum absolute atomic E-state index is 0.831. The van der Waals surface area contributed by atoms with Crippen molar-refractivity contribution >= 4 is 0 Å². The lowest BCUT2D eigenvalue weighted by Gasteiger charge is -2.02. The van der Waals surface area contributed by atoms with Crippen LogP contribution in [0.5, 0.6) is 0 Å². The summed E-state index contributed by atoms with van der Waals surface area (Å²) in [4.78, 5) is 0. The summed E-state index contributed by atoms with van der Waals surface area (Å²) in [7, 11) is 0. The highest BCUT2D eigenvalue weighted by Gasteiger charge is 1.96. The third kappa shape index (κ3) is 3.21. The summed E-state index contributed by atoms with van der Waals surface area (Å²) in [5, 5.41) is 10.5. The summed E-state index contributed by atoms with van der Waals surface area (Å²) < 4.78 is 0. The van der Waals surface area contributed by atoms with Crippen LogP contribution in [0, 0.1) is 6.92 Å². The molecular weight excluding hydrogens is 198 g/mol. The molecule has 3 heteroatoms. The molecule has 0 aliphatic carbocycles. The van der Waals surface area contributed by atoms with Crippen molar-refractivity contribution in [1.82, 2.24) is 15.5 Å². The minimum Gasteiger partial charge on any atom is -0.311 e. The monoisotopic (exact) mass is 215 g/mol. The molecule has 3 nitrogen and oxygen atoms in total. The van der Waals surface area contributed by atoms with E-state index in [0.717, 1.165) is 30.9 Å². The molecule has 0 bridgehead atoms. The molecule has 1 aromatic heterocycles. The van der Waals surface area contributed by atoms with Crippen LogP contribution in [-0.4, -0.2) is 16.7 Å². The lowest BCUT2D eigenvalue weighted by Crippen LogP contribution is -2.16. The number of hydrogen-bond donors (Lipinski definition) is 2. The predicted octanol–water partition coefficient (Wildman–Crippen LogP) is 2.05. The molecule has 2 aromatic rings. The van der Waals surface area contributed by atoms with Gasteiger partial charge in [0.25, 0.3) is 0 Å². The number of rotatable bonds is 5. The molecule has 0 aliphatic rings. The molecule has 84 valence electrons. The molecule has 0 saturated heterocycles. The molecule has 0 amide bonds. The third-order valence-electron chi connectivity index (χ3n) is 2.50. The van der Waals surface area contributed by atoms with Crippen molar-refractivity contribution in [2.24, 2.45) is 0 Å². The highest BCUT2D eigenvalue weighted by atomic mass is 15.1. The highest BCUT2D eigenvalue weighted by molar-refractivity contribution is 5.14. The minimum atomic E-state index is 0.831. The zero-order chi connectivity index (χ0) is 11.2. The molecule has 2 rings (SSSR count). The zero-order valence-corrected chi connectivity index (χ0v) is 9.53. The average Bonchev–Trinajstić information content (AvgIpc) is 2.72. The molecule has 0 radical (unpaired) electrons. The van der Waals surface area contributed by atoms with Gasteiger partial charge < -0.3 is 5.32 Å². The van der Waals surface area contributed by atoms with E-state index in [1.807, 2.05) is 13.0 Å². The van der Waals surface area contributed by atoms with Crippen LogP contribution < -0.4 is 5.32 Å². The second kappa shape index (κ2) is 5.47. The Balaban J connectivity index is 1.69. The summed E-state index contributed by atoms with van der Waals surface area (Å²) in [5.74, 6) is 0. The molecule has 0 unspecified atom stereocenters. The van der Waals surface area contributed by atoms with Crippen LogP contribution in [0.15, 0.2) is 36.4 Å². The van der Waals surface area contributed by atoms with Crippen LogP contribution in [0.25, 0.3) is 0 Å². The van der Waals surface area contributed by atoms with E-state index in [9.17, 15) is 0 Å². The highest BCUT2D eigenvalue weighted by Crippen LogP contribution is 1.99. The summed E-state index contributed by atoms with van der Waals surface area (Å²) in [6.45, 7) is 3.83. The van der Waals surface area contributed by atoms with Gasteiger partial charge in [0.1, 0.15) is 0 Å². The van der Waals surface area contributed by atoms with Crippen LogP contribution in [-0.2, 0) is 13.0 Å². The van der Waals surface area contributed by atoms with E-state index in [0.29, 0.717) is 0 Å². The maximum atomic E-state index is 4.17. The van der Waals surface area contributed by atoms with Gasteiger partial charge in [-0.1, -0.05) is 30.3 Å². The van der Waals surface area contributed by atoms with E-state index in [1.165, 1.54) is 5.56 Å². The molecule has 0 saturated carbocycles. The molecule has 16 heavy (non-hydrogen) atoms. The first-order valence-corrected chi connectivity index (χ1v) is 5.60. The number of nitrogens with one attached hydrogen (secondary N) is 2. The quantitative estimate of drug-likeness (QED) is 0.749. The molecule has 0 aliphatic heterocycles. The summed E-state index contributed by atoms with van der Waals surface area (Å²) in [6, 6.07) is 12.6. The van der Waals surface area contributed by atoms with Gasteiger partial charge in [-0.2, -0.15) is 5.10 Å². The van der Waals surface area contributed by atoms with E-state index < -0.39 is 0 Å². The molecule has 0 atom stereocenters. The Morgan fingerprint density at radius 1 is 1.25 bits per heavy atom. The number of aromatic amines is 1. The SMILES string of the molecule is Cc1cc(CNCCc2ccccc2)n[nH]1. The maximum Gasteiger partial charge on any atom is 0.0762 e. The van der Waals surface area contributed by atoms with Gasteiger partial charge in [0, 0.05) is 12.2 Å². The standard InChI is InChI=1S/C13H17N3/c1-11-9-13(16-15-11)10-14-8-7-12-5-3-2-4-6-12/h2-6,9,14H,7-8,10H2,1H3,(H,15,16). The molecule has 1 aromatic carbocycles. The molecular formula is C13H17N3. The fraction of sp³-hybridized carbons (Fsp3) is 0.308. The van der Waals surface area contributed by atoms with E-state index in [4.69, 9.17) is 0 Å². The van der Waals surface area contributed by atoms with E-state index in [2.05, 4.69) is 45.8 Å². The summed E-state index contributed by atoms with van der Waals surface area (Å²) >= 11 is 0. The van der Waals surface area contributed by atoms with Crippen molar-refractivity contribution in [3.63, 3.8) is 0 Å². The number of hydrogen-bond acceptors (Lipinski definition) is 2. The second-order valence-corrected chi connectivity index (χ2v) is 3.95. The Morgan fingerprint density at radius 2 is 2.06 bits per heavy atom.